The van der Waals surface area contributed by atoms with Gasteiger partial charge in [-0.3, -0.25) is 0 Å². The number of hydrogen-bond acceptors (Lipinski definition) is 3. The Morgan fingerprint density at radius 2 is 1.87 bits per heavy atom. The van der Waals surface area contributed by atoms with Gasteiger partial charge in [-0.1, -0.05) is 48.5 Å². The first kappa shape index (κ1) is 14.0. The normalized spacial score (nSPS) is 16.6. The third-order valence-corrected chi connectivity index (χ3v) is 4.14. The summed E-state index contributed by atoms with van der Waals surface area (Å²) in [6.07, 6.45) is 1.55. The van der Waals surface area contributed by atoms with Crippen LogP contribution in [0.5, 0.6) is 0 Å². The Morgan fingerprint density at radius 3 is 2.65 bits per heavy atom. The number of ether oxygens (including phenoxy) is 2. The van der Waals surface area contributed by atoms with E-state index in [1.54, 1.807) is 7.11 Å². The molecular weight excluding hydrogens is 286 g/mol. The molecule has 0 saturated carbocycles. The van der Waals surface area contributed by atoms with E-state index in [9.17, 15) is 0 Å². The molecule has 1 atom stereocenters. The summed E-state index contributed by atoms with van der Waals surface area (Å²) in [4.78, 5) is 4.85. The van der Waals surface area contributed by atoms with Crippen LogP contribution in [-0.4, -0.2) is 12.1 Å². The van der Waals surface area contributed by atoms with Gasteiger partial charge in [0.2, 0.25) is 6.29 Å². The van der Waals surface area contributed by atoms with Crippen LogP contribution in [0.15, 0.2) is 54.6 Å². The number of benzene rings is 2. The minimum absolute atomic E-state index is 0.442. The first-order chi connectivity index (χ1) is 11.3. The minimum Gasteiger partial charge on any atom is -0.460 e. The molecule has 0 radical (unpaired) electrons. The number of aromatic nitrogens is 1. The average Bonchev–Trinajstić information content (AvgIpc) is 2.60. The summed E-state index contributed by atoms with van der Waals surface area (Å²) in [7, 11) is 1.66. The van der Waals surface area contributed by atoms with Gasteiger partial charge in [0.15, 0.2) is 0 Å². The summed E-state index contributed by atoms with van der Waals surface area (Å²) in [6, 6.07) is 18.3. The molecule has 0 spiro atoms. The molecule has 4 rings (SSSR count). The van der Waals surface area contributed by atoms with Gasteiger partial charge >= 0.3 is 0 Å². The topological polar surface area (TPSA) is 31.4 Å². The maximum atomic E-state index is 6.03. The number of fused-ring (bicyclic) bond motifs is 2. The van der Waals surface area contributed by atoms with Crippen molar-refractivity contribution in [2.75, 3.05) is 7.11 Å². The number of methoxy groups -OCH3 is 1. The predicted molar refractivity (Wildman–Crippen MR) is 91.6 cm³/mol. The van der Waals surface area contributed by atoms with Crippen molar-refractivity contribution >= 4 is 22.7 Å². The van der Waals surface area contributed by atoms with Crippen molar-refractivity contribution in [1.82, 2.24) is 4.98 Å². The van der Waals surface area contributed by atoms with Gasteiger partial charge in [-0.15, -0.1) is 0 Å². The van der Waals surface area contributed by atoms with Crippen molar-refractivity contribution in [1.29, 1.82) is 0 Å². The molecule has 3 aromatic rings. The highest BCUT2D eigenvalue weighted by atomic mass is 16.7. The Bertz CT molecular complexity index is 900. The van der Waals surface area contributed by atoms with E-state index in [-0.39, 0.29) is 0 Å². The van der Waals surface area contributed by atoms with Crippen LogP contribution in [0.25, 0.3) is 22.7 Å². The van der Waals surface area contributed by atoms with Crippen molar-refractivity contribution in [2.24, 2.45) is 0 Å². The summed E-state index contributed by atoms with van der Waals surface area (Å²) < 4.78 is 11.6. The number of hydrogen-bond donors (Lipinski definition) is 0. The number of rotatable bonds is 2. The highest BCUT2D eigenvalue weighted by Crippen LogP contribution is 2.36. The van der Waals surface area contributed by atoms with Crippen molar-refractivity contribution < 1.29 is 9.47 Å². The first-order valence-corrected chi connectivity index (χ1v) is 7.63. The van der Waals surface area contributed by atoms with Gasteiger partial charge in [-0.25, -0.2) is 4.98 Å². The molecule has 0 bridgehead atoms. The van der Waals surface area contributed by atoms with E-state index in [1.165, 1.54) is 5.56 Å². The lowest BCUT2D eigenvalue weighted by Crippen LogP contribution is -2.13. The molecule has 1 aliphatic rings. The van der Waals surface area contributed by atoms with Crippen molar-refractivity contribution in [3.05, 3.63) is 77.0 Å². The fourth-order valence-corrected chi connectivity index (χ4v) is 2.95. The second-order valence-corrected chi connectivity index (χ2v) is 5.67. The zero-order chi connectivity index (χ0) is 15.8. The molecule has 1 aromatic heterocycles. The average molecular weight is 303 g/mol. The Balaban J connectivity index is 1.93. The maximum Gasteiger partial charge on any atom is 0.228 e. The van der Waals surface area contributed by atoms with Crippen molar-refractivity contribution in [2.45, 2.75) is 13.2 Å². The lowest BCUT2D eigenvalue weighted by molar-refractivity contribution is -0.0767. The fraction of sp³-hybridized carbons (Fsp3) is 0.150. The van der Waals surface area contributed by atoms with E-state index in [2.05, 4.69) is 25.1 Å². The summed E-state index contributed by atoms with van der Waals surface area (Å²) in [5, 5.41) is 1.10. The van der Waals surface area contributed by atoms with Gasteiger partial charge in [0.1, 0.15) is 5.76 Å². The zero-order valence-corrected chi connectivity index (χ0v) is 13.1. The summed E-state index contributed by atoms with van der Waals surface area (Å²) >= 11 is 0. The van der Waals surface area contributed by atoms with Crippen LogP contribution in [-0.2, 0) is 9.47 Å². The molecule has 2 heterocycles. The number of aryl methyl sites for hydroxylation is 1. The lowest BCUT2D eigenvalue weighted by Gasteiger charge is -2.26. The van der Waals surface area contributed by atoms with E-state index in [0.29, 0.717) is 0 Å². The summed E-state index contributed by atoms with van der Waals surface area (Å²) in [5.74, 6) is 0.783. The summed E-state index contributed by atoms with van der Waals surface area (Å²) in [6.45, 7) is 2.08. The van der Waals surface area contributed by atoms with Crippen LogP contribution in [0, 0.1) is 6.92 Å². The van der Waals surface area contributed by atoms with E-state index in [0.717, 1.165) is 33.5 Å². The third-order valence-electron chi connectivity index (χ3n) is 4.14. The van der Waals surface area contributed by atoms with Crippen LogP contribution in [0.3, 0.4) is 0 Å². The number of nitrogens with zero attached hydrogens (tertiary/aromatic N) is 1. The molecule has 23 heavy (non-hydrogen) atoms. The van der Waals surface area contributed by atoms with Gasteiger partial charge in [0.25, 0.3) is 0 Å². The molecule has 3 heteroatoms. The molecule has 0 saturated heterocycles. The molecule has 1 unspecified atom stereocenters. The van der Waals surface area contributed by atoms with Crippen molar-refractivity contribution in [3.8, 4) is 0 Å². The number of pyridine rings is 1. The van der Waals surface area contributed by atoms with Crippen LogP contribution < -0.4 is 0 Å². The predicted octanol–water partition coefficient (Wildman–Crippen LogP) is 4.72. The van der Waals surface area contributed by atoms with E-state index < -0.39 is 6.29 Å². The molecular formula is C20H17NO2. The number of para-hydroxylation sites is 1. The molecule has 114 valence electrons. The van der Waals surface area contributed by atoms with Crippen LogP contribution in [0.1, 0.15) is 28.7 Å². The molecule has 0 fully saturated rings. The standard InChI is InChI=1S/C20H17NO2/c1-13-7-6-10-15-11-16-17(21-19(13)15)12-18(23-20(16)22-2)14-8-4-3-5-9-14/h3-12,20H,1-2H3. The fourth-order valence-electron chi connectivity index (χ4n) is 2.95. The molecule has 0 aliphatic carbocycles. The molecule has 3 nitrogen and oxygen atoms in total. The SMILES string of the molecule is COC1OC(c2ccccc2)=Cc2nc3c(C)cccc3cc21. The van der Waals surface area contributed by atoms with Crippen LogP contribution >= 0.6 is 0 Å². The smallest absolute Gasteiger partial charge is 0.228 e. The molecule has 2 aromatic carbocycles. The zero-order valence-electron chi connectivity index (χ0n) is 13.1. The molecule has 0 N–H and O–H groups in total. The van der Waals surface area contributed by atoms with Gasteiger partial charge in [-0.2, -0.15) is 0 Å². The van der Waals surface area contributed by atoms with Gasteiger partial charge < -0.3 is 9.47 Å². The van der Waals surface area contributed by atoms with Gasteiger partial charge in [0, 0.05) is 29.7 Å². The minimum atomic E-state index is -0.442. The monoisotopic (exact) mass is 303 g/mol. The van der Waals surface area contributed by atoms with Crippen molar-refractivity contribution in [3.63, 3.8) is 0 Å². The molecule has 1 aliphatic heterocycles. The van der Waals surface area contributed by atoms with Gasteiger partial charge in [-0.05, 0) is 18.6 Å². The third kappa shape index (κ3) is 2.39. The maximum absolute atomic E-state index is 6.03. The van der Waals surface area contributed by atoms with E-state index in [1.807, 2.05) is 42.5 Å². The highest BCUT2D eigenvalue weighted by Gasteiger charge is 2.24. The van der Waals surface area contributed by atoms with Crippen LogP contribution in [0.2, 0.25) is 0 Å². The largest absolute Gasteiger partial charge is 0.460 e. The molecule has 0 amide bonds. The second kappa shape index (κ2) is 5.52. The Labute approximate surface area is 135 Å². The lowest BCUT2D eigenvalue weighted by atomic mass is 10.0. The Kier molecular flexibility index (Phi) is 3.36. The van der Waals surface area contributed by atoms with Gasteiger partial charge in [0.05, 0.1) is 11.2 Å². The quantitative estimate of drug-likeness (QED) is 0.686. The Hall–Kier alpha value is -2.65. The highest BCUT2D eigenvalue weighted by molar-refractivity contribution is 5.87. The first-order valence-electron chi connectivity index (χ1n) is 7.63. The van der Waals surface area contributed by atoms with E-state index in [4.69, 9.17) is 14.5 Å². The Morgan fingerprint density at radius 1 is 1.04 bits per heavy atom. The van der Waals surface area contributed by atoms with Crippen LogP contribution in [0.4, 0.5) is 0 Å². The second-order valence-electron chi connectivity index (χ2n) is 5.67. The van der Waals surface area contributed by atoms with E-state index >= 15 is 0 Å². The summed E-state index contributed by atoms with van der Waals surface area (Å²) in [5.41, 5.74) is 5.08.